The topological polar surface area (TPSA) is 68.4 Å². The summed E-state index contributed by atoms with van der Waals surface area (Å²) in [6.07, 6.45) is 3.21. The number of aromatic nitrogens is 2. The number of nitrogens with zero attached hydrogens (tertiary/aromatic N) is 2. The van der Waals surface area contributed by atoms with Crippen LogP contribution in [-0.4, -0.2) is 22.2 Å². The normalized spacial score (nSPS) is 10.3. The van der Waals surface area contributed by atoms with E-state index in [2.05, 4.69) is 9.97 Å². The van der Waals surface area contributed by atoms with E-state index in [9.17, 15) is 0 Å². The van der Waals surface area contributed by atoms with Crippen LogP contribution in [0.2, 0.25) is 0 Å². The number of hydrogen-bond donors (Lipinski definition) is 1. The van der Waals surface area contributed by atoms with Crippen molar-refractivity contribution in [1.82, 2.24) is 9.97 Å². The first-order valence-corrected chi connectivity index (χ1v) is 4.39. The van der Waals surface area contributed by atoms with E-state index in [1.807, 2.05) is 0 Å². The second-order valence-corrected chi connectivity index (χ2v) is 2.88. The van der Waals surface area contributed by atoms with Crippen LogP contribution in [0.3, 0.4) is 0 Å². The van der Waals surface area contributed by atoms with Gasteiger partial charge in [0.05, 0.1) is 12.7 Å². The minimum absolute atomic E-state index is 0.114. The number of aliphatic hydroxyl groups is 1. The van der Waals surface area contributed by atoms with Gasteiger partial charge in [-0.25, -0.2) is 9.97 Å². The molecule has 0 aliphatic carbocycles. The lowest BCUT2D eigenvalue weighted by atomic mass is 10.3. The summed E-state index contributed by atoms with van der Waals surface area (Å²) in [5, 5.41) is 8.84. The molecule has 0 saturated carbocycles. The van der Waals surface area contributed by atoms with Gasteiger partial charge in [0, 0.05) is 12.4 Å². The second-order valence-electron chi connectivity index (χ2n) is 2.88. The highest BCUT2D eigenvalue weighted by molar-refractivity contribution is 5.54. The molecule has 0 aliphatic heterocycles. The zero-order valence-electron chi connectivity index (χ0n) is 8.17. The van der Waals surface area contributed by atoms with Gasteiger partial charge in [-0.1, -0.05) is 0 Å². The zero-order chi connectivity index (χ0) is 10.7. The number of ether oxygens (including phenoxy) is 1. The fourth-order valence-corrected chi connectivity index (χ4v) is 1.17. The van der Waals surface area contributed by atoms with Gasteiger partial charge in [-0.2, -0.15) is 0 Å². The third kappa shape index (κ3) is 1.97. The van der Waals surface area contributed by atoms with Gasteiger partial charge >= 0.3 is 6.01 Å². The van der Waals surface area contributed by atoms with E-state index in [4.69, 9.17) is 14.3 Å². The molecule has 0 amide bonds. The van der Waals surface area contributed by atoms with Crippen LogP contribution in [0, 0.1) is 0 Å². The molecule has 0 aromatic carbocycles. The van der Waals surface area contributed by atoms with Crippen molar-refractivity contribution in [3.05, 3.63) is 30.3 Å². The Balaban J connectivity index is 2.28. The molecule has 0 aliphatic rings. The summed E-state index contributed by atoms with van der Waals surface area (Å²) in [5.74, 6) is 1.14. The lowest BCUT2D eigenvalue weighted by Gasteiger charge is -1.98. The predicted octanol–water partition coefficient (Wildman–Crippen LogP) is 1.24. The smallest absolute Gasteiger partial charge is 0.316 e. The molecule has 2 rings (SSSR count). The summed E-state index contributed by atoms with van der Waals surface area (Å²) in [5.41, 5.74) is 0.746. The van der Waals surface area contributed by atoms with Crippen molar-refractivity contribution in [2.24, 2.45) is 0 Å². The molecule has 1 N–H and O–H groups in total. The van der Waals surface area contributed by atoms with Crippen LogP contribution in [-0.2, 0) is 6.61 Å². The molecule has 5 nitrogen and oxygen atoms in total. The van der Waals surface area contributed by atoms with Crippen LogP contribution in [0.5, 0.6) is 6.01 Å². The van der Waals surface area contributed by atoms with Gasteiger partial charge < -0.3 is 14.3 Å². The molecule has 2 aromatic rings. The Labute approximate surface area is 86.4 Å². The highest BCUT2D eigenvalue weighted by Gasteiger charge is 2.05. The molecular formula is C10H10N2O3. The minimum Gasteiger partial charge on any atom is -0.467 e. The van der Waals surface area contributed by atoms with Crippen molar-refractivity contribution in [3.8, 4) is 17.3 Å². The van der Waals surface area contributed by atoms with Gasteiger partial charge in [-0.3, -0.25) is 0 Å². The molecule has 5 heteroatoms. The van der Waals surface area contributed by atoms with Gasteiger partial charge in [0.2, 0.25) is 0 Å². The second kappa shape index (κ2) is 4.10. The first-order valence-electron chi connectivity index (χ1n) is 4.39. The largest absolute Gasteiger partial charge is 0.467 e. The van der Waals surface area contributed by atoms with E-state index >= 15 is 0 Å². The molecule has 0 saturated heterocycles. The number of rotatable bonds is 3. The van der Waals surface area contributed by atoms with E-state index in [0.717, 1.165) is 5.56 Å². The summed E-state index contributed by atoms with van der Waals surface area (Å²) in [6, 6.07) is 3.78. The lowest BCUT2D eigenvalue weighted by molar-refractivity contribution is 0.248. The molecule has 2 heterocycles. The fraction of sp³-hybridized carbons (Fsp3) is 0.200. The third-order valence-corrected chi connectivity index (χ3v) is 1.91. The van der Waals surface area contributed by atoms with Gasteiger partial charge in [-0.15, -0.1) is 0 Å². The van der Waals surface area contributed by atoms with Gasteiger partial charge in [0.15, 0.2) is 0 Å². The van der Waals surface area contributed by atoms with Crippen LogP contribution in [0.4, 0.5) is 0 Å². The summed E-state index contributed by atoms with van der Waals surface area (Å²) in [7, 11) is 1.51. The van der Waals surface area contributed by atoms with Crippen LogP contribution in [0.1, 0.15) is 5.76 Å². The predicted molar refractivity (Wildman–Crippen MR) is 52.2 cm³/mol. The first-order chi connectivity index (χ1) is 7.33. The summed E-state index contributed by atoms with van der Waals surface area (Å²) < 4.78 is 10.2. The van der Waals surface area contributed by atoms with Crippen molar-refractivity contribution < 1.29 is 14.3 Å². The molecule has 2 aromatic heterocycles. The molecule has 0 radical (unpaired) electrons. The van der Waals surface area contributed by atoms with Gasteiger partial charge in [0.1, 0.15) is 18.1 Å². The van der Waals surface area contributed by atoms with Gasteiger partial charge in [-0.05, 0) is 12.1 Å². The number of hydrogen-bond acceptors (Lipinski definition) is 5. The monoisotopic (exact) mass is 206 g/mol. The zero-order valence-corrected chi connectivity index (χ0v) is 8.17. The maximum Gasteiger partial charge on any atom is 0.316 e. The molecule has 0 unspecified atom stereocenters. The lowest BCUT2D eigenvalue weighted by Crippen LogP contribution is -1.90. The average Bonchev–Trinajstić information content (AvgIpc) is 2.78. The van der Waals surface area contributed by atoms with Crippen LogP contribution in [0.15, 0.2) is 28.9 Å². The maximum atomic E-state index is 8.84. The number of aliphatic hydroxyl groups excluding tert-OH is 1. The Kier molecular flexibility index (Phi) is 2.64. The van der Waals surface area contributed by atoms with E-state index in [-0.39, 0.29) is 6.61 Å². The van der Waals surface area contributed by atoms with Crippen LogP contribution >= 0.6 is 0 Å². The number of furan rings is 1. The van der Waals surface area contributed by atoms with Crippen molar-refractivity contribution >= 4 is 0 Å². The molecule has 0 bridgehead atoms. The number of methoxy groups -OCH3 is 1. The van der Waals surface area contributed by atoms with Crippen molar-refractivity contribution in [1.29, 1.82) is 0 Å². The highest BCUT2D eigenvalue weighted by atomic mass is 16.5. The van der Waals surface area contributed by atoms with Gasteiger partial charge in [0.25, 0.3) is 0 Å². The Bertz CT molecular complexity index is 436. The molecule has 0 atom stereocenters. The van der Waals surface area contributed by atoms with Crippen molar-refractivity contribution in [3.63, 3.8) is 0 Å². The Morgan fingerprint density at radius 2 is 2.07 bits per heavy atom. The van der Waals surface area contributed by atoms with E-state index in [1.54, 1.807) is 24.5 Å². The van der Waals surface area contributed by atoms with E-state index in [0.29, 0.717) is 17.5 Å². The Morgan fingerprint density at radius 1 is 1.33 bits per heavy atom. The Morgan fingerprint density at radius 3 is 2.60 bits per heavy atom. The summed E-state index contributed by atoms with van der Waals surface area (Å²) in [6.45, 7) is -0.114. The van der Waals surface area contributed by atoms with Crippen molar-refractivity contribution in [2.75, 3.05) is 7.11 Å². The molecule has 0 spiro atoms. The first kappa shape index (κ1) is 9.67. The quantitative estimate of drug-likeness (QED) is 0.818. The highest BCUT2D eigenvalue weighted by Crippen LogP contribution is 2.21. The fourth-order valence-electron chi connectivity index (χ4n) is 1.17. The maximum absolute atomic E-state index is 8.84. The van der Waals surface area contributed by atoms with Crippen LogP contribution in [0.25, 0.3) is 11.3 Å². The van der Waals surface area contributed by atoms with Crippen LogP contribution < -0.4 is 4.74 Å². The Hall–Kier alpha value is -1.88. The third-order valence-electron chi connectivity index (χ3n) is 1.91. The standard InChI is InChI=1S/C10H10N2O3/c1-14-10-11-4-7(5-12-10)9-3-2-8(6-13)15-9/h2-5,13H,6H2,1H3. The van der Waals surface area contributed by atoms with E-state index in [1.165, 1.54) is 7.11 Å². The van der Waals surface area contributed by atoms with Crippen molar-refractivity contribution in [2.45, 2.75) is 6.61 Å². The molecule has 78 valence electrons. The summed E-state index contributed by atoms with van der Waals surface area (Å²) in [4.78, 5) is 7.91. The van der Waals surface area contributed by atoms with E-state index < -0.39 is 0 Å². The SMILES string of the molecule is COc1ncc(-c2ccc(CO)o2)cn1. The molecular weight excluding hydrogens is 196 g/mol. The average molecular weight is 206 g/mol. The summed E-state index contributed by atoms with van der Waals surface area (Å²) >= 11 is 0. The molecule has 0 fully saturated rings. The molecule has 15 heavy (non-hydrogen) atoms. The minimum atomic E-state index is -0.114.